The van der Waals surface area contributed by atoms with Gasteiger partial charge < -0.3 is 4.74 Å². The second kappa shape index (κ2) is 5.77. The van der Waals surface area contributed by atoms with Crippen LogP contribution < -0.4 is 16.0 Å². The fraction of sp³-hybridized carbons (Fsp3) is 0.167. The summed E-state index contributed by atoms with van der Waals surface area (Å²) in [6.07, 6.45) is 4.85. The second-order valence-corrected chi connectivity index (χ2v) is 4.09. The summed E-state index contributed by atoms with van der Waals surface area (Å²) in [6.45, 7) is 0. The van der Waals surface area contributed by atoms with Crippen molar-refractivity contribution in [2.75, 3.05) is 7.11 Å². The number of nitrogens with zero attached hydrogens (tertiary/aromatic N) is 2. The first-order valence-corrected chi connectivity index (χ1v) is 5.68. The molecule has 6 heteroatoms. The lowest BCUT2D eigenvalue weighted by Crippen LogP contribution is -2.29. The largest absolute Gasteiger partial charge is 0.496 e. The van der Waals surface area contributed by atoms with Crippen LogP contribution in [0.1, 0.15) is 17.2 Å². The Morgan fingerprint density at radius 1 is 1.33 bits per heavy atom. The lowest BCUT2D eigenvalue weighted by molar-refractivity contribution is 0.404. The Kier molecular flexibility index (Phi) is 4.09. The van der Waals surface area contributed by atoms with Gasteiger partial charge in [-0.3, -0.25) is 5.84 Å². The zero-order valence-electron chi connectivity index (χ0n) is 9.80. The molecule has 1 unspecified atom stereocenters. The van der Waals surface area contributed by atoms with Crippen molar-refractivity contribution >= 4 is 11.6 Å². The summed E-state index contributed by atoms with van der Waals surface area (Å²) in [7, 11) is 1.60. The van der Waals surface area contributed by atoms with Crippen LogP contribution in [0, 0.1) is 0 Å². The molecule has 94 valence electrons. The molecule has 0 radical (unpaired) electrons. The summed E-state index contributed by atoms with van der Waals surface area (Å²) in [5.74, 6) is 6.31. The molecule has 18 heavy (non-hydrogen) atoms. The number of aromatic nitrogens is 2. The van der Waals surface area contributed by atoms with Crippen molar-refractivity contribution < 1.29 is 4.74 Å². The Balaban J connectivity index is 2.48. The van der Waals surface area contributed by atoms with Gasteiger partial charge in [0.25, 0.3) is 0 Å². The van der Waals surface area contributed by atoms with E-state index in [9.17, 15) is 0 Å². The van der Waals surface area contributed by atoms with E-state index in [-0.39, 0.29) is 6.04 Å². The quantitative estimate of drug-likeness (QED) is 0.649. The van der Waals surface area contributed by atoms with Crippen molar-refractivity contribution in [1.29, 1.82) is 0 Å². The van der Waals surface area contributed by atoms with E-state index in [1.54, 1.807) is 37.7 Å². The molecule has 1 aromatic carbocycles. The first-order valence-electron chi connectivity index (χ1n) is 5.30. The van der Waals surface area contributed by atoms with Gasteiger partial charge in [-0.25, -0.2) is 15.4 Å². The minimum absolute atomic E-state index is 0.278. The number of rotatable bonds is 4. The van der Waals surface area contributed by atoms with Gasteiger partial charge in [0.1, 0.15) is 12.1 Å². The molecule has 2 rings (SSSR count). The highest BCUT2D eigenvalue weighted by Gasteiger charge is 2.17. The Morgan fingerprint density at radius 3 is 2.67 bits per heavy atom. The number of nitrogens with two attached hydrogens (primary N) is 1. The minimum atomic E-state index is -0.278. The summed E-state index contributed by atoms with van der Waals surface area (Å²) in [4.78, 5) is 7.95. The van der Waals surface area contributed by atoms with Crippen LogP contribution in [0.3, 0.4) is 0 Å². The monoisotopic (exact) mass is 264 g/mol. The number of ether oxygens (including phenoxy) is 1. The molecule has 0 aliphatic rings. The maximum absolute atomic E-state index is 6.01. The molecule has 3 N–H and O–H groups in total. The van der Waals surface area contributed by atoms with Crippen molar-refractivity contribution in [3.05, 3.63) is 53.1 Å². The minimum Gasteiger partial charge on any atom is -0.496 e. The zero-order chi connectivity index (χ0) is 13.0. The fourth-order valence-corrected chi connectivity index (χ4v) is 1.94. The number of methoxy groups -OCH3 is 1. The van der Waals surface area contributed by atoms with Crippen LogP contribution in [0.4, 0.5) is 0 Å². The summed E-state index contributed by atoms with van der Waals surface area (Å²) in [6, 6.07) is 5.09. The van der Waals surface area contributed by atoms with Crippen LogP contribution >= 0.6 is 11.6 Å². The molecule has 0 spiro atoms. The van der Waals surface area contributed by atoms with Gasteiger partial charge in [0.15, 0.2) is 0 Å². The maximum atomic E-state index is 6.01. The van der Waals surface area contributed by atoms with Crippen molar-refractivity contribution in [3.8, 4) is 5.75 Å². The van der Waals surface area contributed by atoms with Gasteiger partial charge in [-0.2, -0.15) is 0 Å². The van der Waals surface area contributed by atoms with Gasteiger partial charge in [0.2, 0.25) is 0 Å². The number of halogens is 1. The summed E-state index contributed by atoms with van der Waals surface area (Å²) >= 11 is 6.01. The van der Waals surface area contributed by atoms with Crippen LogP contribution in [0.5, 0.6) is 5.75 Å². The van der Waals surface area contributed by atoms with E-state index in [1.807, 2.05) is 0 Å². The van der Waals surface area contributed by atoms with Gasteiger partial charge in [-0.15, -0.1) is 0 Å². The number of hydrazine groups is 1. The molecule has 2 aromatic rings. The molecule has 0 fully saturated rings. The molecule has 0 bridgehead atoms. The molecular formula is C12H13ClN4O. The lowest BCUT2D eigenvalue weighted by Gasteiger charge is -2.19. The summed E-state index contributed by atoms with van der Waals surface area (Å²) in [5, 5.41) is 0.614. The van der Waals surface area contributed by atoms with Crippen LogP contribution in [0.25, 0.3) is 0 Å². The Morgan fingerprint density at radius 2 is 2.06 bits per heavy atom. The predicted molar refractivity (Wildman–Crippen MR) is 69.2 cm³/mol. The maximum Gasteiger partial charge on any atom is 0.124 e. The van der Waals surface area contributed by atoms with E-state index in [2.05, 4.69) is 15.4 Å². The first kappa shape index (κ1) is 12.8. The number of nitrogens with one attached hydrogen (secondary N) is 1. The SMILES string of the molecule is COc1ccc(Cl)cc1C(NN)c1cncnc1. The van der Waals surface area contributed by atoms with Gasteiger partial charge >= 0.3 is 0 Å². The highest BCUT2D eigenvalue weighted by molar-refractivity contribution is 6.30. The average molecular weight is 265 g/mol. The highest BCUT2D eigenvalue weighted by Crippen LogP contribution is 2.31. The summed E-state index contributed by atoms with van der Waals surface area (Å²) < 4.78 is 5.31. The topological polar surface area (TPSA) is 73.1 Å². The smallest absolute Gasteiger partial charge is 0.124 e. The van der Waals surface area contributed by atoms with Gasteiger partial charge in [-0.05, 0) is 18.2 Å². The molecule has 5 nitrogen and oxygen atoms in total. The standard InChI is InChI=1S/C12H13ClN4O/c1-18-11-3-2-9(13)4-10(11)12(17-14)8-5-15-7-16-6-8/h2-7,12,17H,14H2,1H3. The van der Waals surface area contributed by atoms with E-state index >= 15 is 0 Å². The molecule has 1 heterocycles. The lowest BCUT2D eigenvalue weighted by atomic mass is 10.0. The van der Waals surface area contributed by atoms with E-state index in [1.165, 1.54) is 6.33 Å². The average Bonchev–Trinajstić information content (AvgIpc) is 2.41. The van der Waals surface area contributed by atoms with Gasteiger partial charge in [0.05, 0.1) is 13.2 Å². The Hall–Kier alpha value is -1.69. The third-order valence-electron chi connectivity index (χ3n) is 2.58. The van der Waals surface area contributed by atoms with E-state index in [0.717, 1.165) is 11.1 Å². The molecule has 1 aromatic heterocycles. The normalized spacial score (nSPS) is 12.2. The predicted octanol–water partition coefficient (Wildman–Crippen LogP) is 1.69. The van der Waals surface area contributed by atoms with Crippen LogP contribution in [-0.4, -0.2) is 17.1 Å². The van der Waals surface area contributed by atoms with Gasteiger partial charge in [-0.1, -0.05) is 11.6 Å². The molecule has 0 aliphatic carbocycles. The van der Waals surface area contributed by atoms with E-state index < -0.39 is 0 Å². The third kappa shape index (κ3) is 2.59. The van der Waals surface area contributed by atoms with E-state index in [0.29, 0.717) is 10.8 Å². The van der Waals surface area contributed by atoms with Gasteiger partial charge in [0, 0.05) is 28.5 Å². The first-order chi connectivity index (χ1) is 8.76. The Bertz CT molecular complexity index is 521. The fourth-order valence-electron chi connectivity index (χ4n) is 1.76. The molecule has 0 saturated heterocycles. The summed E-state index contributed by atoms with van der Waals surface area (Å²) in [5.41, 5.74) is 4.39. The van der Waals surface area contributed by atoms with Crippen LogP contribution in [-0.2, 0) is 0 Å². The number of hydrogen-bond donors (Lipinski definition) is 2. The van der Waals surface area contributed by atoms with Crippen LogP contribution in [0.2, 0.25) is 5.02 Å². The Labute approximate surface area is 110 Å². The highest BCUT2D eigenvalue weighted by atomic mass is 35.5. The number of hydrogen-bond acceptors (Lipinski definition) is 5. The molecule has 0 amide bonds. The molecule has 1 atom stereocenters. The van der Waals surface area contributed by atoms with Crippen LogP contribution in [0.15, 0.2) is 36.9 Å². The molecular weight excluding hydrogens is 252 g/mol. The second-order valence-electron chi connectivity index (χ2n) is 3.66. The zero-order valence-corrected chi connectivity index (χ0v) is 10.6. The molecule has 0 aliphatic heterocycles. The van der Waals surface area contributed by atoms with Crippen molar-refractivity contribution in [2.45, 2.75) is 6.04 Å². The van der Waals surface area contributed by atoms with Crippen molar-refractivity contribution in [1.82, 2.24) is 15.4 Å². The van der Waals surface area contributed by atoms with E-state index in [4.69, 9.17) is 22.2 Å². The van der Waals surface area contributed by atoms with Crippen molar-refractivity contribution in [2.24, 2.45) is 5.84 Å². The molecule has 0 saturated carbocycles. The van der Waals surface area contributed by atoms with Crippen molar-refractivity contribution in [3.63, 3.8) is 0 Å². The number of benzene rings is 1. The third-order valence-corrected chi connectivity index (χ3v) is 2.82.